The molecular weight excluding hydrogens is 421 g/mol. The van der Waals surface area contributed by atoms with Crippen molar-refractivity contribution < 1.29 is 9.90 Å². The van der Waals surface area contributed by atoms with Crippen LogP contribution in [0.15, 0.2) is 42.6 Å². The summed E-state index contributed by atoms with van der Waals surface area (Å²) >= 11 is 11.9. The average Bonchev–Trinajstić information content (AvgIpc) is 3.03. The number of carbonyl (C=O) groups excluding carboxylic acids is 1. The number of phenols is 1. The molecule has 0 bridgehead atoms. The number of nitrogens with one attached hydrogen (secondary N) is 1. The third kappa shape index (κ3) is 5.15. The second kappa shape index (κ2) is 8.43. The van der Waals surface area contributed by atoms with Crippen molar-refractivity contribution in [3.8, 4) is 28.8 Å². The summed E-state index contributed by atoms with van der Waals surface area (Å²) in [6.07, 6.45) is 1.80. The quantitative estimate of drug-likeness (QED) is 0.401. The Hall–Kier alpha value is -2.94. The number of halogens is 2. The van der Waals surface area contributed by atoms with E-state index in [1.165, 1.54) is 12.1 Å². The van der Waals surface area contributed by atoms with Gasteiger partial charge in [-0.15, -0.1) is 0 Å². The summed E-state index contributed by atoms with van der Waals surface area (Å²) < 4.78 is 1.64. The first-order valence-electron chi connectivity index (χ1n) is 9.20. The van der Waals surface area contributed by atoms with Crippen LogP contribution in [0.5, 0.6) is 5.75 Å². The van der Waals surface area contributed by atoms with Crippen LogP contribution in [0, 0.1) is 17.3 Å². The van der Waals surface area contributed by atoms with E-state index in [1.807, 2.05) is 20.8 Å². The molecule has 0 spiro atoms. The molecule has 0 unspecified atom stereocenters. The molecule has 5 nitrogen and oxygen atoms in total. The van der Waals surface area contributed by atoms with Crippen LogP contribution in [0.25, 0.3) is 11.3 Å². The Bertz CT molecular complexity index is 1180. The molecule has 0 aliphatic rings. The first-order valence-corrected chi connectivity index (χ1v) is 9.96. The minimum Gasteiger partial charge on any atom is -0.507 e. The van der Waals surface area contributed by atoms with Gasteiger partial charge in [-0.05, 0) is 57.2 Å². The van der Waals surface area contributed by atoms with Gasteiger partial charge < -0.3 is 10.4 Å². The van der Waals surface area contributed by atoms with Gasteiger partial charge >= 0.3 is 0 Å². The number of amides is 1. The lowest BCUT2D eigenvalue weighted by Crippen LogP contribution is -2.11. The molecule has 0 fully saturated rings. The normalized spacial score (nSPS) is 11.0. The zero-order valence-corrected chi connectivity index (χ0v) is 18.6. The lowest BCUT2D eigenvalue weighted by Gasteiger charge is -2.10. The van der Waals surface area contributed by atoms with Gasteiger partial charge in [0.05, 0.1) is 15.6 Å². The molecular formula is C23H21Cl2N3O2. The molecule has 0 saturated heterocycles. The van der Waals surface area contributed by atoms with Crippen LogP contribution < -0.4 is 5.32 Å². The molecule has 3 aromatic rings. The predicted octanol–water partition coefficient (Wildman–Crippen LogP) is 5.75. The largest absolute Gasteiger partial charge is 0.507 e. The SMILES string of the molecule is Cn1cc(C#CC(C)(C)C)c(-c2cc(NC(=O)c3ccc(Cl)c(Cl)c3)ccc2O)n1. The Labute approximate surface area is 185 Å². The molecule has 2 aromatic carbocycles. The monoisotopic (exact) mass is 441 g/mol. The van der Waals surface area contributed by atoms with E-state index in [9.17, 15) is 9.90 Å². The van der Waals surface area contributed by atoms with Crippen LogP contribution in [-0.4, -0.2) is 20.8 Å². The Kier molecular flexibility index (Phi) is 6.12. The van der Waals surface area contributed by atoms with Crippen molar-refractivity contribution in [2.24, 2.45) is 12.5 Å². The van der Waals surface area contributed by atoms with Crippen LogP contribution in [0.2, 0.25) is 10.0 Å². The molecule has 1 amide bonds. The number of aromatic nitrogens is 2. The molecule has 0 aliphatic heterocycles. The maximum Gasteiger partial charge on any atom is 0.255 e. The van der Waals surface area contributed by atoms with Crippen LogP contribution >= 0.6 is 23.2 Å². The van der Waals surface area contributed by atoms with E-state index in [-0.39, 0.29) is 17.1 Å². The molecule has 1 aromatic heterocycles. The van der Waals surface area contributed by atoms with Crippen LogP contribution in [-0.2, 0) is 7.05 Å². The molecule has 2 N–H and O–H groups in total. The number of nitrogens with zero attached hydrogens (tertiary/aromatic N) is 2. The van der Waals surface area contributed by atoms with Crippen molar-refractivity contribution >= 4 is 34.8 Å². The van der Waals surface area contributed by atoms with Gasteiger partial charge in [-0.3, -0.25) is 9.48 Å². The van der Waals surface area contributed by atoms with Crippen LogP contribution in [0.3, 0.4) is 0 Å². The summed E-state index contributed by atoms with van der Waals surface area (Å²) in [4.78, 5) is 12.6. The molecule has 3 rings (SSSR count). The van der Waals surface area contributed by atoms with Gasteiger partial charge in [-0.25, -0.2) is 0 Å². The second-order valence-corrected chi connectivity index (χ2v) is 8.69. The fourth-order valence-corrected chi connectivity index (χ4v) is 2.98. The summed E-state index contributed by atoms with van der Waals surface area (Å²) in [6.45, 7) is 6.06. The summed E-state index contributed by atoms with van der Waals surface area (Å²) in [5.41, 5.74) is 2.40. The molecule has 30 heavy (non-hydrogen) atoms. The van der Waals surface area contributed by atoms with Gasteiger partial charge in [0.25, 0.3) is 5.91 Å². The first-order chi connectivity index (χ1) is 14.0. The fraction of sp³-hybridized carbons (Fsp3) is 0.217. The highest BCUT2D eigenvalue weighted by Crippen LogP contribution is 2.33. The maximum atomic E-state index is 12.6. The van der Waals surface area contributed by atoms with Crippen molar-refractivity contribution in [3.63, 3.8) is 0 Å². The third-order valence-corrected chi connectivity index (χ3v) is 4.83. The third-order valence-electron chi connectivity index (χ3n) is 4.09. The number of phenolic OH excluding ortho intramolecular Hbond substituents is 1. The molecule has 1 heterocycles. The molecule has 7 heteroatoms. The van der Waals surface area contributed by atoms with Gasteiger partial charge in [-0.2, -0.15) is 5.10 Å². The standard InChI is InChI=1S/C23H21Cl2N3O2/c1-23(2,3)10-9-15-13-28(4)27-21(15)17-12-16(6-8-20(17)29)26-22(30)14-5-7-18(24)19(25)11-14/h5-8,11-13,29H,1-4H3,(H,26,30). The van der Waals surface area contributed by atoms with E-state index in [2.05, 4.69) is 22.3 Å². The second-order valence-electron chi connectivity index (χ2n) is 7.88. The number of hydrogen-bond acceptors (Lipinski definition) is 3. The number of anilines is 1. The Balaban J connectivity index is 1.95. The van der Waals surface area contributed by atoms with Crippen molar-refractivity contribution in [2.45, 2.75) is 20.8 Å². The highest BCUT2D eigenvalue weighted by molar-refractivity contribution is 6.42. The summed E-state index contributed by atoms with van der Waals surface area (Å²) in [5.74, 6) is 6.01. The first kappa shape index (κ1) is 21.8. The molecule has 154 valence electrons. The maximum absolute atomic E-state index is 12.6. The highest BCUT2D eigenvalue weighted by atomic mass is 35.5. The topological polar surface area (TPSA) is 67.2 Å². The van der Waals surface area contributed by atoms with E-state index in [4.69, 9.17) is 23.2 Å². The minimum absolute atomic E-state index is 0.0417. The number of rotatable bonds is 3. The number of aromatic hydroxyl groups is 1. The van der Waals surface area contributed by atoms with E-state index < -0.39 is 0 Å². The van der Waals surface area contributed by atoms with Crippen molar-refractivity contribution in [3.05, 3.63) is 63.8 Å². The summed E-state index contributed by atoms with van der Waals surface area (Å²) in [5, 5.41) is 18.4. The number of aryl methyl sites for hydroxylation is 1. The predicted molar refractivity (Wildman–Crippen MR) is 121 cm³/mol. The highest BCUT2D eigenvalue weighted by Gasteiger charge is 2.16. The van der Waals surface area contributed by atoms with Crippen molar-refractivity contribution in [2.75, 3.05) is 5.32 Å². The van der Waals surface area contributed by atoms with Crippen molar-refractivity contribution in [1.29, 1.82) is 0 Å². The van der Waals surface area contributed by atoms with E-state index in [0.29, 0.717) is 38.1 Å². The van der Waals surface area contributed by atoms with Crippen LogP contribution in [0.1, 0.15) is 36.7 Å². The Morgan fingerprint density at radius 1 is 1.13 bits per heavy atom. The van der Waals surface area contributed by atoms with Gasteiger partial charge in [0.1, 0.15) is 11.4 Å². The Morgan fingerprint density at radius 2 is 1.87 bits per heavy atom. The summed E-state index contributed by atoms with van der Waals surface area (Å²) in [7, 11) is 1.79. The minimum atomic E-state index is -0.348. The molecule has 0 saturated carbocycles. The lowest BCUT2D eigenvalue weighted by molar-refractivity contribution is 0.102. The number of carbonyl (C=O) groups is 1. The van der Waals surface area contributed by atoms with Gasteiger partial charge in [-0.1, -0.05) is 35.0 Å². The smallest absolute Gasteiger partial charge is 0.255 e. The van der Waals surface area contributed by atoms with Crippen LogP contribution in [0.4, 0.5) is 5.69 Å². The van der Waals surface area contributed by atoms with E-state index in [1.54, 1.807) is 42.2 Å². The number of hydrogen-bond donors (Lipinski definition) is 2. The average molecular weight is 442 g/mol. The zero-order chi connectivity index (χ0) is 22.1. The molecule has 0 atom stereocenters. The van der Waals surface area contributed by atoms with E-state index in [0.717, 1.165) is 0 Å². The molecule has 0 aliphatic carbocycles. The summed E-state index contributed by atoms with van der Waals surface area (Å²) in [6, 6.07) is 9.43. The van der Waals surface area contributed by atoms with Gasteiger partial charge in [0, 0.05) is 35.5 Å². The lowest BCUT2D eigenvalue weighted by atomic mass is 9.97. The zero-order valence-electron chi connectivity index (χ0n) is 17.0. The fourth-order valence-electron chi connectivity index (χ4n) is 2.68. The van der Waals surface area contributed by atoms with Crippen molar-refractivity contribution in [1.82, 2.24) is 9.78 Å². The van der Waals surface area contributed by atoms with Gasteiger partial charge in [0.15, 0.2) is 0 Å². The van der Waals surface area contributed by atoms with E-state index >= 15 is 0 Å². The molecule has 0 radical (unpaired) electrons. The van der Waals surface area contributed by atoms with Gasteiger partial charge in [0.2, 0.25) is 0 Å². The number of benzene rings is 2. The Morgan fingerprint density at radius 3 is 2.53 bits per heavy atom.